The molecule has 1 unspecified atom stereocenters. The zero-order chi connectivity index (χ0) is 6.73. The van der Waals surface area contributed by atoms with E-state index in [-0.39, 0.29) is 3.74 Å². The molecule has 0 rings (SSSR count). The molecule has 0 fully saturated rings. The molecule has 8 heavy (non-hydrogen) atoms. The molecule has 0 saturated carbocycles. The smallest absolute Gasteiger partial charge is 0.209 e. The molecule has 50 valence electrons. The number of halogens is 5. The van der Waals surface area contributed by atoms with E-state index in [1.165, 1.54) is 0 Å². The molecule has 0 nitrogen and oxygen atoms in total. The summed E-state index contributed by atoms with van der Waals surface area (Å²) in [5.74, 6) is 0. The highest BCUT2D eigenvalue weighted by atomic mass is 79.9. The number of rotatable bonds is 2. The lowest BCUT2D eigenvalue weighted by atomic mass is 10.5. The number of alkyl halides is 5. The quantitative estimate of drug-likeness (QED) is 0.687. The van der Waals surface area contributed by atoms with Gasteiger partial charge in [0.05, 0.1) is 8.56 Å². The van der Waals surface area contributed by atoms with Gasteiger partial charge >= 0.3 is 0 Å². The van der Waals surface area contributed by atoms with E-state index in [1.54, 1.807) is 0 Å². The fourth-order valence-corrected chi connectivity index (χ4v) is 0.571. The summed E-state index contributed by atoms with van der Waals surface area (Å²) in [6.45, 7) is 0. The Balaban J connectivity index is 3.46. The van der Waals surface area contributed by atoms with E-state index >= 15 is 0 Å². The maximum atomic E-state index is 11.6. The second-order valence-electron chi connectivity index (χ2n) is 1.11. The van der Waals surface area contributed by atoms with Crippen molar-refractivity contribution in [3.8, 4) is 0 Å². The van der Waals surface area contributed by atoms with Crippen molar-refractivity contribution in [3.05, 3.63) is 0 Å². The molecule has 0 aliphatic heterocycles. The Hall–Kier alpha value is 1.30. The SMILES string of the molecule is FC(F)C(Br)C(Br)Br. The van der Waals surface area contributed by atoms with Gasteiger partial charge in [-0.2, -0.15) is 0 Å². The first-order valence-electron chi connectivity index (χ1n) is 1.76. The van der Waals surface area contributed by atoms with E-state index in [0.29, 0.717) is 0 Å². The number of hydrogen-bond donors (Lipinski definition) is 0. The second kappa shape index (κ2) is 4.17. The van der Waals surface area contributed by atoms with Crippen molar-refractivity contribution in [1.82, 2.24) is 0 Å². The molecular formula is C3H3Br3F2. The Morgan fingerprint density at radius 2 is 1.38 bits per heavy atom. The predicted octanol–water partition coefficient (Wildman–Crippen LogP) is 3.13. The predicted molar refractivity (Wildman–Crippen MR) is 40.4 cm³/mol. The molecule has 5 heteroatoms. The van der Waals surface area contributed by atoms with Crippen molar-refractivity contribution in [1.29, 1.82) is 0 Å². The van der Waals surface area contributed by atoms with Gasteiger partial charge in [0.15, 0.2) is 0 Å². The molecule has 0 radical (unpaired) electrons. The van der Waals surface area contributed by atoms with Crippen LogP contribution in [0.5, 0.6) is 0 Å². The van der Waals surface area contributed by atoms with Gasteiger partial charge in [0.25, 0.3) is 6.43 Å². The maximum Gasteiger partial charge on any atom is 0.252 e. The van der Waals surface area contributed by atoms with Crippen LogP contribution < -0.4 is 0 Å². The van der Waals surface area contributed by atoms with Gasteiger partial charge in [0.2, 0.25) is 0 Å². The molecule has 0 amide bonds. The molecule has 0 saturated heterocycles. The van der Waals surface area contributed by atoms with Crippen LogP contribution in [0.1, 0.15) is 0 Å². The topological polar surface area (TPSA) is 0 Å². The molecule has 0 aromatic rings. The van der Waals surface area contributed by atoms with E-state index in [1.807, 2.05) is 0 Å². The van der Waals surface area contributed by atoms with Gasteiger partial charge in [-0.15, -0.1) is 0 Å². The molecule has 0 aliphatic carbocycles. The maximum absolute atomic E-state index is 11.6. The third kappa shape index (κ3) is 3.35. The highest BCUT2D eigenvalue weighted by Crippen LogP contribution is 2.25. The number of hydrogen-bond acceptors (Lipinski definition) is 0. The summed E-state index contributed by atoms with van der Waals surface area (Å²) in [5, 5.41) is 0. The lowest BCUT2D eigenvalue weighted by Gasteiger charge is -2.07. The van der Waals surface area contributed by atoms with Crippen molar-refractivity contribution in [2.24, 2.45) is 0 Å². The first-order chi connectivity index (χ1) is 3.55. The zero-order valence-electron chi connectivity index (χ0n) is 3.62. The van der Waals surface area contributed by atoms with Crippen LogP contribution in [0, 0.1) is 0 Å². The first-order valence-corrected chi connectivity index (χ1v) is 4.50. The van der Waals surface area contributed by atoms with Crippen LogP contribution in [-0.2, 0) is 0 Å². The van der Waals surface area contributed by atoms with Crippen molar-refractivity contribution in [2.75, 3.05) is 0 Å². The van der Waals surface area contributed by atoms with Crippen LogP contribution in [0.2, 0.25) is 0 Å². The van der Waals surface area contributed by atoms with Crippen molar-refractivity contribution in [3.63, 3.8) is 0 Å². The normalized spacial score (nSPS) is 15.4. The molecule has 0 aromatic heterocycles. The summed E-state index contributed by atoms with van der Waals surface area (Å²) < 4.78 is 22.8. The summed E-state index contributed by atoms with van der Waals surface area (Å²) >= 11 is 8.62. The van der Waals surface area contributed by atoms with Gasteiger partial charge in [0.1, 0.15) is 0 Å². The molecule has 0 bridgehead atoms. The second-order valence-corrected chi connectivity index (χ2v) is 5.37. The van der Waals surface area contributed by atoms with Crippen LogP contribution in [0.3, 0.4) is 0 Å². The van der Waals surface area contributed by atoms with Crippen LogP contribution >= 0.6 is 47.8 Å². The van der Waals surface area contributed by atoms with Gasteiger partial charge in [-0.25, -0.2) is 8.78 Å². The minimum Gasteiger partial charge on any atom is -0.209 e. The summed E-state index contributed by atoms with van der Waals surface area (Å²) in [7, 11) is 0. The molecule has 0 spiro atoms. The van der Waals surface area contributed by atoms with Crippen molar-refractivity contribution >= 4 is 47.8 Å². The fraction of sp³-hybridized carbons (Fsp3) is 1.00. The van der Waals surface area contributed by atoms with Gasteiger partial charge in [-0.1, -0.05) is 47.8 Å². The summed E-state index contributed by atoms with van der Waals surface area (Å²) in [5.41, 5.74) is 0. The van der Waals surface area contributed by atoms with E-state index in [0.717, 1.165) is 0 Å². The fourth-order valence-electron chi connectivity index (χ4n) is 0.110. The van der Waals surface area contributed by atoms with Gasteiger partial charge in [-0.05, 0) is 0 Å². The van der Waals surface area contributed by atoms with Crippen LogP contribution in [-0.4, -0.2) is 15.0 Å². The third-order valence-corrected chi connectivity index (χ3v) is 3.97. The Labute approximate surface area is 71.4 Å². The van der Waals surface area contributed by atoms with Crippen molar-refractivity contribution < 1.29 is 8.78 Å². The third-order valence-electron chi connectivity index (χ3n) is 0.481. The minimum atomic E-state index is -2.33. The molecule has 1 atom stereocenters. The highest BCUT2D eigenvalue weighted by Gasteiger charge is 2.22. The lowest BCUT2D eigenvalue weighted by molar-refractivity contribution is 0.152. The Bertz CT molecular complexity index is 57.5. The molecular weight excluding hydrogens is 314 g/mol. The zero-order valence-corrected chi connectivity index (χ0v) is 8.38. The highest BCUT2D eigenvalue weighted by molar-refractivity contribution is 9.25. The van der Waals surface area contributed by atoms with Gasteiger partial charge in [0, 0.05) is 0 Å². The van der Waals surface area contributed by atoms with Crippen LogP contribution in [0.4, 0.5) is 8.78 Å². The van der Waals surface area contributed by atoms with Crippen LogP contribution in [0.25, 0.3) is 0 Å². The summed E-state index contributed by atoms with van der Waals surface area (Å²) in [6.07, 6.45) is -2.33. The van der Waals surface area contributed by atoms with Crippen molar-refractivity contribution in [2.45, 2.75) is 15.0 Å². The van der Waals surface area contributed by atoms with E-state index < -0.39 is 11.3 Å². The van der Waals surface area contributed by atoms with Gasteiger partial charge < -0.3 is 0 Å². The van der Waals surface area contributed by atoms with E-state index in [9.17, 15) is 8.78 Å². The first kappa shape index (κ1) is 9.30. The average Bonchev–Trinajstić information content (AvgIpc) is 1.64. The molecule has 0 N–H and O–H groups in total. The summed E-state index contributed by atoms with van der Waals surface area (Å²) in [4.78, 5) is -0.817. The molecule has 0 heterocycles. The molecule has 0 aromatic carbocycles. The Kier molecular flexibility index (Phi) is 4.85. The standard InChI is InChI=1S/C3H3Br3F2/c4-1(2(5)6)3(7)8/h1-3H. The monoisotopic (exact) mass is 314 g/mol. The van der Waals surface area contributed by atoms with Crippen LogP contribution in [0.15, 0.2) is 0 Å². The van der Waals surface area contributed by atoms with E-state index in [2.05, 4.69) is 47.8 Å². The Morgan fingerprint density at radius 3 is 1.38 bits per heavy atom. The Morgan fingerprint density at radius 1 is 1.00 bits per heavy atom. The van der Waals surface area contributed by atoms with Gasteiger partial charge in [-0.3, -0.25) is 0 Å². The lowest BCUT2D eigenvalue weighted by Crippen LogP contribution is -2.16. The minimum absolute atomic E-state index is 0.366. The summed E-state index contributed by atoms with van der Waals surface area (Å²) in [6, 6.07) is 0. The van der Waals surface area contributed by atoms with E-state index in [4.69, 9.17) is 0 Å². The molecule has 0 aliphatic rings. The largest absolute Gasteiger partial charge is 0.252 e. The average molecular weight is 317 g/mol.